The number of H-pyrrole nitrogens is 1. The van der Waals surface area contributed by atoms with Gasteiger partial charge in [-0.3, -0.25) is 14.3 Å². The van der Waals surface area contributed by atoms with E-state index in [0.717, 1.165) is 12.1 Å². The molecule has 1 N–H and O–H groups in total. The van der Waals surface area contributed by atoms with Crippen LogP contribution in [-0.4, -0.2) is 24.3 Å². The van der Waals surface area contributed by atoms with E-state index in [1.54, 1.807) is 13.8 Å². The average Bonchev–Trinajstić information content (AvgIpc) is 2.92. The first kappa shape index (κ1) is 17.6. The largest absolute Gasteiger partial charge is 0.416 e. The Balaban J connectivity index is 2.00. The van der Waals surface area contributed by atoms with Crippen molar-refractivity contribution in [2.75, 3.05) is 0 Å². The Labute approximate surface area is 144 Å². The second-order valence-corrected chi connectivity index (χ2v) is 5.73. The van der Waals surface area contributed by atoms with Gasteiger partial charge in [-0.05, 0) is 38.1 Å². The number of rotatable bonds is 3. The molecule has 3 rings (SSSR count). The second-order valence-electron chi connectivity index (χ2n) is 5.73. The normalized spacial score (nSPS) is 11.7. The van der Waals surface area contributed by atoms with E-state index in [9.17, 15) is 22.8 Å². The van der Waals surface area contributed by atoms with E-state index >= 15 is 0 Å². The number of alkyl halides is 3. The van der Waals surface area contributed by atoms with Crippen LogP contribution in [-0.2, 0) is 12.7 Å². The van der Waals surface area contributed by atoms with Crippen LogP contribution in [0.1, 0.15) is 22.8 Å². The number of nitrogens with zero attached hydrogens (tertiary/aromatic N) is 4. The van der Waals surface area contributed by atoms with Crippen LogP contribution < -0.4 is 11.2 Å². The third kappa shape index (κ3) is 3.44. The molecule has 0 radical (unpaired) electrons. The van der Waals surface area contributed by atoms with Crippen molar-refractivity contribution in [1.82, 2.24) is 24.3 Å². The molecule has 0 aliphatic rings. The number of hydrogen-bond acceptors (Lipinski definition) is 4. The van der Waals surface area contributed by atoms with Gasteiger partial charge < -0.3 is 0 Å². The summed E-state index contributed by atoms with van der Waals surface area (Å²) < 4.78 is 40.7. The van der Waals surface area contributed by atoms with Crippen molar-refractivity contribution < 1.29 is 13.2 Å². The minimum Gasteiger partial charge on any atom is -0.293 e. The van der Waals surface area contributed by atoms with Crippen LogP contribution in [0.5, 0.6) is 0 Å². The Kier molecular flexibility index (Phi) is 4.26. The van der Waals surface area contributed by atoms with Crippen molar-refractivity contribution >= 4 is 0 Å². The van der Waals surface area contributed by atoms with Crippen LogP contribution >= 0.6 is 0 Å². The zero-order chi connectivity index (χ0) is 19.1. The van der Waals surface area contributed by atoms with Gasteiger partial charge in [-0.2, -0.15) is 18.3 Å². The maximum Gasteiger partial charge on any atom is 0.416 e. The van der Waals surface area contributed by atoms with Crippen molar-refractivity contribution in [3.63, 3.8) is 0 Å². The number of aryl methyl sites for hydroxylation is 2. The predicted molar refractivity (Wildman–Crippen MR) is 86.3 cm³/mol. The van der Waals surface area contributed by atoms with E-state index in [2.05, 4.69) is 15.1 Å². The summed E-state index contributed by atoms with van der Waals surface area (Å²) in [5, 5.41) is 4.18. The second kappa shape index (κ2) is 6.28. The molecule has 0 aliphatic carbocycles. The van der Waals surface area contributed by atoms with E-state index in [1.165, 1.54) is 27.6 Å². The van der Waals surface area contributed by atoms with Crippen molar-refractivity contribution in [2.45, 2.75) is 26.6 Å². The summed E-state index contributed by atoms with van der Waals surface area (Å²) in [6, 6.07) is 4.46. The van der Waals surface area contributed by atoms with Gasteiger partial charge in [0.2, 0.25) is 0 Å². The van der Waals surface area contributed by atoms with Gasteiger partial charge >= 0.3 is 11.9 Å². The molecule has 2 heterocycles. The highest BCUT2D eigenvalue weighted by atomic mass is 19.4. The minimum atomic E-state index is -4.43. The van der Waals surface area contributed by atoms with Crippen molar-refractivity contribution in [3.8, 4) is 5.69 Å². The van der Waals surface area contributed by atoms with E-state index in [1.807, 2.05) is 0 Å². The minimum absolute atomic E-state index is 0.00167. The lowest BCUT2D eigenvalue weighted by atomic mass is 10.2. The maximum atomic E-state index is 12.7. The summed E-state index contributed by atoms with van der Waals surface area (Å²) in [5.74, 6) is 0.741. The molecule has 0 spiro atoms. The van der Waals surface area contributed by atoms with Crippen LogP contribution in [0.15, 0.2) is 40.1 Å². The summed E-state index contributed by atoms with van der Waals surface area (Å²) in [6.07, 6.45) is -3.04. The molecule has 26 heavy (non-hydrogen) atoms. The molecular formula is C16H14F3N5O2. The molecule has 0 unspecified atom stereocenters. The van der Waals surface area contributed by atoms with Crippen molar-refractivity contribution in [3.05, 3.63) is 74.1 Å². The van der Waals surface area contributed by atoms with E-state index < -0.39 is 23.0 Å². The standard InChI is InChI=1S/C16H14F3N5O2/c1-9-7-23(15(26)21-14(9)25)8-13-20-10(2)22-24(13)12-5-3-11(4-6-12)16(17,18)19/h3-7H,8H2,1-2H3,(H,21,25,26). The van der Waals surface area contributed by atoms with Crippen LogP contribution in [0.4, 0.5) is 13.2 Å². The summed E-state index contributed by atoms with van der Waals surface area (Å²) in [7, 11) is 0. The number of nitrogens with one attached hydrogen (secondary N) is 1. The van der Waals surface area contributed by atoms with Gasteiger partial charge in [-0.15, -0.1) is 0 Å². The lowest BCUT2D eigenvalue weighted by Gasteiger charge is -2.10. The summed E-state index contributed by atoms with van der Waals surface area (Å²) in [5.41, 5.74) is -1.14. The van der Waals surface area contributed by atoms with Crippen LogP contribution in [0.25, 0.3) is 5.69 Å². The summed E-state index contributed by atoms with van der Waals surface area (Å²) in [6.45, 7) is 3.18. The first-order valence-corrected chi connectivity index (χ1v) is 7.55. The van der Waals surface area contributed by atoms with Gasteiger partial charge in [0.1, 0.15) is 5.82 Å². The molecule has 0 fully saturated rings. The van der Waals surface area contributed by atoms with Crippen LogP contribution in [0.3, 0.4) is 0 Å². The Morgan fingerprint density at radius 3 is 2.38 bits per heavy atom. The first-order chi connectivity index (χ1) is 12.1. The molecule has 0 aliphatic heterocycles. The molecular weight excluding hydrogens is 351 g/mol. The Morgan fingerprint density at radius 2 is 1.77 bits per heavy atom. The monoisotopic (exact) mass is 365 g/mol. The van der Waals surface area contributed by atoms with Gasteiger partial charge in [-0.1, -0.05) is 0 Å². The molecule has 0 saturated carbocycles. The van der Waals surface area contributed by atoms with Gasteiger partial charge in [0, 0.05) is 11.8 Å². The fraction of sp³-hybridized carbons (Fsp3) is 0.250. The topological polar surface area (TPSA) is 85.6 Å². The number of benzene rings is 1. The van der Waals surface area contributed by atoms with Gasteiger partial charge in [0.15, 0.2) is 5.82 Å². The third-order valence-corrected chi connectivity index (χ3v) is 3.72. The predicted octanol–water partition coefficient (Wildman–Crippen LogP) is 1.80. The van der Waals surface area contributed by atoms with E-state index in [0.29, 0.717) is 22.9 Å². The zero-order valence-electron chi connectivity index (χ0n) is 13.8. The van der Waals surface area contributed by atoms with E-state index in [-0.39, 0.29) is 6.54 Å². The number of halogens is 3. The van der Waals surface area contributed by atoms with Gasteiger partial charge in [0.05, 0.1) is 17.8 Å². The lowest BCUT2D eigenvalue weighted by molar-refractivity contribution is -0.137. The molecule has 2 aromatic heterocycles. The molecule has 136 valence electrons. The van der Waals surface area contributed by atoms with E-state index in [4.69, 9.17) is 0 Å². The van der Waals surface area contributed by atoms with Crippen molar-refractivity contribution in [1.29, 1.82) is 0 Å². The van der Waals surface area contributed by atoms with Crippen LogP contribution in [0.2, 0.25) is 0 Å². The zero-order valence-corrected chi connectivity index (χ0v) is 13.8. The Hall–Kier alpha value is -3.17. The molecule has 7 nitrogen and oxygen atoms in total. The molecule has 0 bridgehead atoms. The SMILES string of the molecule is Cc1nc(Cn2cc(C)c(=O)[nH]c2=O)n(-c2ccc(C(F)(F)F)cc2)n1. The Morgan fingerprint density at radius 1 is 1.12 bits per heavy atom. The number of aromatic amines is 1. The smallest absolute Gasteiger partial charge is 0.293 e. The first-order valence-electron chi connectivity index (χ1n) is 7.55. The third-order valence-electron chi connectivity index (χ3n) is 3.72. The highest BCUT2D eigenvalue weighted by Gasteiger charge is 2.30. The fourth-order valence-corrected chi connectivity index (χ4v) is 2.45. The fourth-order valence-electron chi connectivity index (χ4n) is 2.45. The Bertz CT molecular complexity index is 1060. The van der Waals surface area contributed by atoms with Gasteiger partial charge in [-0.25, -0.2) is 14.5 Å². The molecule has 0 amide bonds. The number of aromatic nitrogens is 5. The molecule has 0 saturated heterocycles. The van der Waals surface area contributed by atoms with Gasteiger partial charge in [0.25, 0.3) is 5.56 Å². The summed E-state index contributed by atoms with van der Waals surface area (Å²) in [4.78, 5) is 29.8. The molecule has 10 heteroatoms. The number of hydrogen-bond donors (Lipinski definition) is 1. The average molecular weight is 365 g/mol. The molecule has 0 atom stereocenters. The lowest BCUT2D eigenvalue weighted by Crippen LogP contribution is -2.31. The molecule has 3 aromatic rings. The quantitative estimate of drug-likeness (QED) is 0.767. The summed E-state index contributed by atoms with van der Waals surface area (Å²) >= 11 is 0. The highest BCUT2D eigenvalue weighted by Crippen LogP contribution is 2.29. The highest BCUT2D eigenvalue weighted by molar-refractivity contribution is 5.35. The van der Waals surface area contributed by atoms with Crippen molar-refractivity contribution in [2.24, 2.45) is 0 Å². The van der Waals surface area contributed by atoms with Crippen LogP contribution in [0, 0.1) is 13.8 Å². The molecule has 1 aromatic carbocycles. The maximum absolute atomic E-state index is 12.7.